The Morgan fingerprint density at radius 1 is 1.11 bits per heavy atom. The summed E-state index contributed by atoms with van der Waals surface area (Å²) in [5, 5.41) is 49.0. The van der Waals surface area contributed by atoms with E-state index < -0.39 is 54.6 Å². The van der Waals surface area contributed by atoms with Gasteiger partial charge in [-0.25, -0.2) is 0 Å². The number of rotatable bonds is 5. The molecule has 2 aliphatic heterocycles. The van der Waals surface area contributed by atoms with E-state index in [1.165, 1.54) is 0 Å². The van der Waals surface area contributed by atoms with Gasteiger partial charge in [-0.05, 0) is 20.3 Å². The Labute approximate surface area is 159 Å². The number of hydrogen-bond acceptors (Lipinski definition) is 8. The Bertz CT molecular complexity index is 576. The molecular formula is C19H32O8. The zero-order valence-electron chi connectivity index (χ0n) is 16.3. The van der Waals surface area contributed by atoms with Crippen LogP contribution in [0, 0.1) is 5.41 Å². The molecule has 0 aromatic rings. The predicted octanol–water partition coefficient (Wildman–Crippen LogP) is -0.544. The van der Waals surface area contributed by atoms with Crippen molar-refractivity contribution in [3.8, 4) is 0 Å². The van der Waals surface area contributed by atoms with Gasteiger partial charge in [0.05, 0.1) is 18.8 Å². The summed E-state index contributed by atoms with van der Waals surface area (Å²) in [6.45, 7) is 7.31. The summed E-state index contributed by atoms with van der Waals surface area (Å²) in [5.41, 5.74) is -1.27. The molecule has 3 aliphatic rings. The van der Waals surface area contributed by atoms with Crippen molar-refractivity contribution in [3.05, 3.63) is 12.2 Å². The third kappa shape index (κ3) is 3.47. The predicted molar refractivity (Wildman–Crippen MR) is 94.7 cm³/mol. The molecule has 2 saturated heterocycles. The maximum Gasteiger partial charge on any atom is 0.186 e. The van der Waals surface area contributed by atoms with Gasteiger partial charge in [-0.15, -0.1) is 0 Å². The monoisotopic (exact) mass is 388 g/mol. The van der Waals surface area contributed by atoms with Crippen molar-refractivity contribution in [2.75, 3.05) is 6.61 Å². The van der Waals surface area contributed by atoms with Crippen LogP contribution in [0.25, 0.3) is 0 Å². The molecule has 27 heavy (non-hydrogen) atoms. The van der Waals surface area contributed by atoms with Gasteiger partial charge in [-0.1, -0.05) is 26.0 Å². The summed E-state index contributed by atoms with van der Waals surface area (Å²) in [4.78, 5) is 0. The van der Waals surface area contributed by atoms with E-state index in [4.69, 9.17) is 14.2 Å². The molecule has 8 nitrogen and oxygen atoms in total. The summed E-state index contributed by atoms with van der Waals surface area (Å²) < 4.78 is 17.6. The summed E-state index contributed by atoms with van der Waals surface area (Å²) in [5.74, 6) is 0. The molecule has 0 radical (unpaired) electrons. The van der Waals surface area contributed by atoms with Crippen molar-refractivity contribution in [2.24, 2.45) is 5.41 Å². The Morgan fingerprint density at radius 3 is 2.33 bits per heavy atom. The molecule has 156 valence electrons. The quantitative estimate of drug-likeness (QED) is 0.313. The highest BCUT2D eigenvalue weighted by Crippen LogP contribution is 2.66. The average Bonchev–Trinajstić information content (AvgIpc) is 3.20. The number of aliphatic hydroxyl groups is 5. The number of epoxide rings is 1. The van der Waals surface area contributed by atoms with Gasteiger partial charge in [0.25, 0.3) is 0 Å². The van der Waals surface area contributed by atoms with E-state index in [2.05, 4.69) is 13.8 Å². The summed E-state index contributed by atoms with van der Waals surface area (Å²) >= 11 is 0. The highest BCUT2D eigenvalue weighted by atomic mass is 16.7. The Balaban J connectivity index is 1.72. The maximum absolute atomic E-state index is 10.2. The van der Waals surface area contributed by atoms with Crippen molar-refractivity contribution < 1.29 is 39.7 Å². The second-order valence-electron chi connectivity index (χ2n) is 8.92. The van der Waals surface area contributed by atoms with Crippen LogP contribution in [0.4, 0.5) is 0 Å². The second kappa shape index (κ2) is 7.03. The van der Waals surface area contributed by atoms with Crippen LogP contribution in [0.1, 0.15) is 40.5 Å². The van der Waals surface area contributed by atoms with Crippen LogP contribution in [0.5, 0.6) is 0 Å². The van der Waals surface area contributed by atoms with Gasteiger partial charge in [-0.2, -0.15) is 0 Å². The lowest BCUT2D eigenvalue weighted by atomic mass is 9.63. The Kier molecular flexibility index (Phi) is 5.51. The molecule has 9 atom stereocenters. The van der Waals surface area contributed by atoms with E-state index in [0.717, 1.165) is 0 Å². The number of hydrogen-bond donors (Lipinski definition) is 5. The smallest absolute Gasteiger partial charge is 0.186 e. The molecule has 0 aromatic heterocycles. The van der Waals surface area contributed by atoms with Gasteiger partial charge in [0.2, 0.25) is 0 Å². The largest absolute Gasteiger partial charge is 0.394 e. The Morgan fingerprint density at radius 2 is 1.78 bits per heavy atom. The molecule has 0 spiro atoms. The van der Waals surface area contributed by atoms with Crippen LogP contribution in [-0.4, -0.2) is 86.3 Å². The lowest BCUT2D eigenvalue weighted by molar-refractivity contribution is -0.315. The zero-order valence-corrected chi connectivity index (χ0v) is 16.3. The number of ether oxygens (including phenoxy) is 3. The molecular weight excluding hydrogens is 356 g/mol. The third-order valence-corrected chi connectivity index (χ3v) is 6.28. The summed E-state index contributed by atoms with van der Waals surface area (Å²) in [6, 6.07) is 0. The van der Waals surface area contributed by atoms with Crippen molar-refractivity contribution >= 4 is 0 Å². The Hall–Kier alpha value is -0.580. The van der Waals surface area contributed by atoms with Crippen LogP contribution in [0.2, 0.25) is 0 Å². The number of aliphatic hydroxyl groups excluding tert-OH is 5. The van der Waals surface area contributed by atoms with Crippen molar-refractivity contribution in [1.29, 1.82) is 0 Å². The molecule has 8 heteroatoms. The fourth-order valence-electron chi connectivity index (χ4n) is 4.78. The van der Waals surface area contributed by atoms with E-state index >= 15 is 0 Å². The molecule has 0 bridgehead atoms. The van der Waals surface area contributed by atoms with Crippen molar-refractivity contribution in [2.45, 2.75) is 94.7 Å². The fourth-order valence-corrected chi connectivity index (χ4v) is 4.78. The van der Waals surface area contributed by atoms with E-state index in [1.54, 1.807) is 13.0 Å². The summed E-state index contributed by atoms with van der Waals surface area (Å²) in [7, 11) is 0. The molecule has 0 amide bonds. The molecule has 5 N–H and O–H groups in total. The maximum atomic E-state index is 10.2. The fraction of sp³-hybridized carbons (Fsp3) is 0.895. The average molecular weight is 388 g/mol. The van der Waals surface area contributed by atoms with E-state index in [1.807, 2.05) is 13.0 Å². The molecule has 1 aliphatic carbocycles. The number of fused-ring (bicyclic) bond motifs is 1. The van der Waals surface area contributed by atoms with Crippen LogP contribution in [0.3, 0.4) is 0 Å². The molecule has 3 rings (SSSR count). The van der Waals surface area contributed by atoms with Gasteiger partial charge in [0.1, 0.15) is 35.6 Å². The molecule has 0 aromatic carbocycles. The van der Waals surface area contributed by atoms with Crippen LogP contribution >= 0.6 is 0 Å². The van der Waals surface area contributed by atoms with Gasteiger partial charge in [0.15, 0.2) is 6.29 Å². The topological polar surface area (TPSA) is 132 Å². The molecule has 2 heterocycles. The zero-order chi connectivity index (χ0) is 20.2. The van der Waals surface area contributed by atoms with E-state index in [0.29, 0.717) is 12.8 Å². The van der Waals surface area contributed by atoms with Crippen LogP contribution < -0.4 is 0 Å². The first-order valence-corrected chi connectivity index (χ1v) is 9.50. The van der Waals surface area contributed by atoms with Gasteiger partial charge in [0, 0.05) is 11.8 Å². The molecule has 0 unspecified atom stereocenters. The molecule has 3 fully saturated rings. The van der Waals surface area contributed by atoms with Crippen LogP contribution in [0.15, 0.2) is 12.2 Å². The standard InChI is InChI=1S/C19H32O8/c1-10(21)5-6-19-17(2,3)7-11(8-18(19,4)27-19)25-16-15(24)14(23)13(22)12(9-20)26-16/h5-6,10-16,20-24H,7-9H2,1-4H3/t10-,11+,12-,13-,14+,15-,16-,18+,19-/m1/s1. The van der Waals surface area contributed by atoms with E-state index in [9.17, 15) is 25.5 Å². The first-order chi connectivity index (χ1) is 12.5. The normalized spacial score (nSPS) is 50.4. The third-order valence-electron chi connectivity index (χ3n) is 6.28. The van der Waals surface area contributed by atoms with E-state index in [-0.39, 0.29) is 11.5 Å². The SMILES string of the molecule is C[C@@H](O)C=C[C@]12O[C@@]1(C)C[C@@H](O[C@@H]1O[C@H](CO)[C@@H](O)[C@H](O)[C@H]1O)CC2(C)C. The minimum absolute atomic E-state index is 0.301. The second-order valence-corrected chi connectivity index (χ2v) is 8.92. The first kappa shape index (κ1) is 21.1. The first-order valence-electron chi connectivity index (χ1n) is 9.50. The minimum atomic E-state index is -1.46. The lowest BCUT2D eigenvalue weighted by Gasteiger charge is -2.44. The minimum Gasteiger partial charge on any atom is -0.394 e. The molecule has 1 saturated carbocycles. The van der Waals surface area contributed by atoms with Gasteiger partial charge < -0.3 is 39.7 Å². The highest BCUT2D eigenvalue weighted by Gasteiger charge is 2.75. The summed E-state index contributed by atoms with van der Waals surface area (Å²) in [6.07, 6.45) is -2.47. The lowest BCUT2D eigenvalue weighted by Crippen LogP contribution is -2.60. The van der Waals surface area contributed by atoms with Crippen LogP contribution in [-0.2, 0) is 14.2 Å². The van der Waals surface area contributed by atoms with Crippen molar-refractivity contribution in [3.63, 3.8) is 0 Å². The van der Waals surface area contributed by atoms with Crippen molar-refractivity contribution in [1.82, 2.24) is 0 Å². The van der Waals surface area contributed by atoms with Gasteiger partial charge in [-0.3, -0.25) is 0 Å². The van der Waals surface area contributed by atoms with Gasteiger partial charge >= 0.3 is 0 Å². The highest BCUT2D eigenvalue weighted by molar-refractivity contribution is 5.32.